The number of carbonyl (C=O) groups is 1. The fourth-order valence-electron chi connectivity index (χ4n) is 3.20. The normalized spacial score (nSPS) is 11.6. The number of benzene rings is 3. The lowest BCUT2D eigenvalue weighted by molar-refractivity contribution is -0.383. The van der Waals surface area contributed by atoms with Gasteiger partial charge in [0.05, 0.1) is 10.2 Å². The Kier molecular flexibility index (Phi) is 7.36. The topological polar surface area (TPSA) is 112 Å². The highest BCUT2D eigenvalue weighted by molar-refractivity contribution is 8.00. The van der Waals surface area contributed by atoms with Crippen LogP contribution in [0.25, 0.3) is 5.69 Å². The number of ether oxygens (including phenoxy) is 1. The molecule has 3 aromatic carbocycles. The SMILES string of the molecule is C[C@@H](Sc1nnc(COc2ccccc2F)n1-c1ccccc1)C(=O)Nc1ccccc1[N+](=O)[O-]. The van der Waals surface area contributed by atoms with Crippen molar-refractivity contribution in [2.24, 2.45) is 0 Å². The van der Waals surface area contributed by atoms with Gasteiger partial charge in [0, 0.05) is 11.8 Å². The second-order valence-electron chi connectivity index (χ2n) is 7.31. The van der Waals surface area contributed by atoms with Crippen LogP contribution in [-0.2, 0) is 11.4 Å². The number of nitro groups is 1. The number of para-hydroxylation sites is 4. The molecule has 11 heteroatoms. The van der Waals surface area contributed by atoms with E-state index in [0.717, 1.165) is 17.4 Å². The predicted octanol–water partition coefficient (Wildman–Crippen LogP) is 5.01. The molecule has 0 radical (unpaired) electrons. The van der Waals surface area contributed by atoms with Crippen molar-refractivity contribution in [3.63, 3.8) is 0 Å². The van der Waals surface area contributed by atoms with E-state index in [1.807, 2.05) is 30.3 Å². The Hall–Kier alpha value is -4.25. The number of rotatable bonds is 9. The van der Waals surface area contributed by atoms with E-state index >= 15 is 0 Å². The van der Waals surface area contributed by atoms with Crippen LogP contribution in [-0.4, -0.2) is 30.8 Å². The van der Waals surface area contributed by atoms with Gasteiger partial charge in [-0.1, -0.05) is 54.2 Å². The molecule has 35 heavy (non-hydrogen) atoms. The predicted molar refractivity (Wildman–Crippen MR) is 129 cm³/mol. The van der Waals surface area contributed by atoms with Crippen LogP contribution in [0.4, 0.5) is 15.8 Å². The minimum Gasteiger partial charge on any atom is -0.483 e. The van der Waals surface area contributed by atoms with E-state index in [4.69, 9.17) is 4.74 Å². The van der Waals surface area contributed by atoms with Crippen LogP contribution < -0.4 is 10.1 Å². The van der Waals surface area contributed by atoms with Gasteiger partial charge in [0.15, 0.2) is 22.5 Å². The molecule has 0 aliphatic rings. The number of aromatic nitrogens is 3. The van der Waals surface area contributed by atoms with Crippen LogP contribution in [0.15, 0.2) is 84.0 Å². The second kappa shape index (κ2) is 10.8. The van der Waals surface area contributed by atoms with Crippen LogP contribution in [0.2, 0.25) is 0 Å². The first-order valence-electron chi connectivity index (χ1n) is 10.5. The summed E-state index contributed by atoms with van der Waals surface area (Å²) in [6, 6.07) is 21.2. The third-order valence-electron chi connectivity index (χ3n) is 4.92. The van der Waals surface area contributed by atoms with E-state index in [1.54, 1.807) is 29.7 Å². The van der Waals surface area contributed by atoms with Crippen molar-refractivity contribution in [3.8, 4) is 11.4 Å². The summed E-state index contributed by atoms with van der Waals surface area (Å²) in [4.78, 5) is 23.5. The van der Waals surface area contributed by atoms with E-state index in [9.17, 15) is 19.3 Å². The minimum absolute atomic E-state index is 0.0554. The highest BCUT2D eigenvalue weighted by Gasteiger charge is 2.23. The third-order valence-corrected chi connectivity index (χ3v) is 5.96. The lowest BCUT2D eigenvalue weighted by Gasteiger charge is -2.14. The van der Waals surface area contributed by atoms with E-state index < -0.39 is 21.9 Å². The van der Waals surface area contributed by atoms with Crippen molar-refractivity contribution in [1.29, 1.82) is 0 Å². The second-order valence-corrected chi connectivity index (χ2v) is 8.62. The van der Waals surface area contributed by atoms with Gasteiger partial charge >= 0.3 is 0 Å². The average Bonchev–Trinajstić information content (AvgIpc) is 3.26. The number of hydrogen-bond donors (Lipinski definition) is 1. The smallest absolute Gasteiger partial charge is 0.292 e. The Morgan fingerprint density at radius 2 is 1.77 bits per heavy atom. The molecule has 4 aromatic rings. The van der Waals surface area contributed by atoms with Crippen molar-refractivity contribution in [1.82, 2.24) is 14.8 Å². The molecule has 9 nitrogen and oxygen atoms in total. The van der Waals surface area contributed by atoms with Crippen LogP contribution in [0, 0.1) is 15.9 Å². The highest BCUT2D eigenvalue weighted by atomic mass is 32.2. The van der Waals surface area contributed by atoms with Crippen LogP contribution in [0.3, 0.4) is 0 Å². The molecule has 178 valence electrons. The largest absolute Gasteiger partial charge is 0.483 e. The van der Waals surface area contributed by atoms with Crippen molar-refractivity contribution < 1.29 is 18.8 Å². The molecule has 0 aliphatic heterocycles. The fraction of sp³-hybridized carbons (Fsp3) is 0.125. The fourth-order valence-corrected chi connectivity index (χ4v) is 4.08. The quantitative estimate of drug-likeness (QED) is 0.198. The molecule has 0 saturated heterocycles. The van der Waals surface area contributed by atoms with Crippen LogP contribution >= 0.6 is 11.8 Å². The number of halogens is 1. The van der Waals surface area contributed by atoms with Gasteiger partial charge in [0.2, 0.25) is 5.91 Å². The lowest BCUT2D eigenvalue weighted by Crippen LogP contribution is -2.23. The van der Waals surface area contributed by atoms with E-state index in [-0.39, 0.29) is 23.7 Å². The zero-order valence-corrected chi connectivity index (χ0v) is 19.3. The van der Waals surface area contributed by atoms with E-state index in [2.05, 4.69) is 15.5 Å². The molecule has 0 fully saturated rings. The number of thioether (sulfide) groups is 1. The lowest BCUT2D eigenvalue weighted by atomic mass is 10.2. The van der Waals surface area contributed by atoms with Gasteiger partial charge in [-0.3, -0.25) is 19.5 Å². The molecule has 0 aliphatic carbocycles. The first kappa shape index (κ1) is 23.9. The highest BCUT2D eigenvalue weighted by Crippen LogP contribution is 2.29. The number of hydrogen-bond acceptors (Lipinski definition) is 7. The maximum atomic E-state index is 14.0. The molecular weight excluding hydrogens is 473 g/mol. The van der Waals surface area contributed by atoms with Crippen molar-refractivity contribution in [3.05, 3.63) is 101 Å². The molecule has 0 bridgehead atoms. The summed E-state index contributed by atoms with van der Waals surface area (Å²) in [6.45, 7) is 1.61. The summed E-state index contributed by atoms with van der Waals surface area (Å²) < 4.78 is 21.3. The van der Waals surface area contributed by atoms with Gasteiger partial charge in [-0.2, -0.15) is 0 Å². The molecular formula is C24H20FN5O4S. The molecule has 1 atom stereocenters. The summed E-state index contributed by atoms with van der Waals surface area (Å²) in [5.74, 6) is -0.431. The first-order valence-corrected chi connectivity index (χ1v) is 11.4. The molecule has 1 aromatic heterocycles. The zero-order valence-electron chi connectivity index (χ0n) is 18.5. The van der Waals surface area contributed by atoms with Gasteiger partial charge in [-0.25, -0.2) is 4.39 Å². The molecule has 0 spiro atoms. The van der Waals surface area contributed by atoms with E-state index in [1.165, 1.54) is 30.3 Å². The van der Waals surface area contributed by atoms with Crippen LogP contribution in [0.5, 0.6) is 5.75 Å². The molecule has 0 unspecified atom stereocenters. The van der Waals surface area contributed by atoms with E-state index in [0.29, 0.717) is 11.0 Å². The maximum Gasteiger partial charge on any atom is 0.292 e. The monoisotopic (exact) mass is 493 g/mol. The van der Waals surface area contributed by atoms with Crippen molar-refractivity contribution in [2.45, 2.75) is 23.9 Å². The molecule has 1 amide bonds. The molecule has 1 heterocycles. The van der Waals surface area contributed by atoms with Crippen molar-refractivity contribution >= 4 is 29.0 Å². The number of amides is 1. The standard InChI is InChI=1S/C24H20FN5O4S/c1-16(23(31)26-19-12-6-7-13-20(19)30(32)33)35-24-28-27-22(29(24)17-9-3-2-4-10-17)15-34-21-14-8-5-11-18(21)25/h2-14,16H,15H2,1H3,(H,26,31)/t16-/m1/s1. The Balaban J connectivity index is 1.56. The average molecular weight is 494 g/mol. The summed E-state index contributed by atoms with van der Waals surface area (Å²) in [6.07, 6.45) is 0. The zero-order chi connectivity index (χ0) is 24.8. The summed E-state index contributed by atoms with van der Waals surface area (Å²) in [5.41, 5.74) is 0.648. The van der Waals surface area contributed by atoms with Gasteiger partial charge < -0.3 is 10.1 Å². The van der Waals surface area contributed by atoms with Crippen molar-refractivity contribution in [2.75, 3.05) is 5.32 Å². The first-order chi connectivity index (χ1) is 16.9. The molecule has 1 N–H and O–H groups in total. The number of nitrogens with one attached hydrogen (secondary N) is 1. The Morgan fingerprint density at radius 1 is 1.09 bits per heavy atom. The minimum atomic E-state index is -0.665. The van der Waals surface area contributed by atoms with Crippen LogP contribution in [0.1, 0.15) is 12.7 Å². The third kappa shape index (κ3) is 5.64. The molecule has 0 saturated carbocycles. The molecule has 4 rings (SSSR count). The maximum absolute atomic E-state index is 14.0. The Labute approximate surface area is 204 Å². The number of nitrogens with zero attached hydrogens (tertiary/aromatic N) is 4. The summed E-state index contributed by atoms with van der Waals surface area (Å²) in [7, 11) is 0. The Morgan fingerprint density at radius 3 is 2.51 bits per heavy atom. The van der Waals surface area contributed by atoms with Gasteiger partial charge in [0.1, 0.15) is 12.3 Å². The van der Waals surface area contributed by atoms with Gasteiger partial charge in [-0.15, -0.1) is 10.2 Å². The van der Waals surface area contributed by atoms with Gasteiger partial charge in [-0.05, 0) is 37.3 Å². The number of carbonyl (C=O) groups excluding carboxylic acids is 1. The summed E-state index contributed by atoms with van der Waals surface area (Å²) >= 11 is 1.13. The Bertz CT molecular complexity index is 1350. The summed E-state index contributed by atoms with van der Waals surface area (Å²) in [5, 5.41) is 22.0. The number of nitro benzene ring substituents is 1. The van der Waals surface area contributed by atoms with Gasteiger partial charge in [0.25, 0.3) is 5.69 Å². The number of anilines is 1.